The van der Waals surface area contributed by atoms with E-state index in [4.69, 9.17) is 0 Å². The third-order valence-corrected chi connectivity index (χ3v) is 4.19. The van der Waals surface area contributed by atoms with Crippen molar-refractivity contribution in [2.24, 2.45) is 5.92 Å². The summed E-state index contributed by atoms with van der Waals surface area (Å²) in [6, 6.07) is 9.76. The molecule has 1 N–H and O–H groups in total. The van der Waals surface area contributed by atoms with Gasteiger partial charge in [0.25, 0.3) is 0 Å². The molecule has 1 fully saturated rings. The van der Waals surface area contributed by atoms with Gasteiger partial charge in [0.1, 0.15) is 0 Å². The quantitative estimate of drug-likeness (QED) is 0.817. The summed E-state index contributed by atoms with van der Waals surface area (Å²) in [7, 11) is 0. The maximum Gasteiger partial charge on any atom is 0.00671 e. The number of hydrogen-bond donors (Lipinski definition) is 1. The second-order valence-electron chi connectivity index (χ2n) is 5.43. The van der Waals surface area contributed by atoms with Crippen molar-refractivity contribution in [3.05, 3.63) is 35.4 Å². The molecule has 2 aliphatic rings. The fourth-order valence-electron chi connectivity index (χ4n) is 3.26. The minimum atomic E-state index is 0.823. The normalized spacial score (nSPS) is 21.5. The van der Waals surface area contributed by atoms with Crippen molar-refractivity contribution in [3.63, 3.8) is 0 Å². The Morgan fingerprint density at radius 1 is 1.00 bits per heavy atom. The van der Waals surface area contributed by atoms with E-state index in [0.29, 0.717) is 0 Å². The largest absolute Gasteiger partial charge is 0.314 e. The minimum absolute atomic E-state index is 0.823. The fourth-order valence-corrected chi connectivity index (χ4v) is 3.26. The Bertz CT molecular complexity index is 327. The molecule has 1 aromatic rings. The summed E-state index contributed by atoms with van der Waals surface area (Å²) >= 11 is 0. The molecule has 1 heteroatoms. The van der Waals surface area contributed by atoms with E-state index in [2.05, 4.69) is 29.6 Å². The van der Waals surface area contributed by atoms with Crippen molar-refractivity contribution in [2.75, 3.05) is 6.54 Å². The summed E-state index contributed by atoms with van der Waals surface area (Å²) in [6.45, 7) is 1.22. The van der Waals surface area contributed by atoms with Crippen LogP contribution in [0.2, 0.25) is 0 Å². The first-order valence-electron chi connectivity index (χ1n) is 6.72. The first-order chi connectivity index (χ1) is 7.92. The van der Waals surface area contributed by atoms with Crippen LogP contribution >= 0.6 is 0 Å². The van der Waals surface area contributed by atoms with E-state index in [-0.39, 0.29) is 0 Å². The van der Waals surface area contributed by atoms with Crippen LogP contribution < -0.4 is 5.32 Å². The summed E-state index contributed by atoms with van der Waals surface area (Å²) < 4.78 is 0. The summed E-state index contributed by atoms with van der Waals surface area (Å²) in [4.78, 5) is 0. The zero-order chi connectivity index (χ0) is 10.8. The summed E-state index contributed by atoms with van der Waals surface area (Å²) in [6.07, 6.45) is 8.25. The average Bonchev–Trinajstić information content (AvgIpc) is 2.95. The lowest BCUT2D eigenvalue weighted by Crippen LogP contribution is -2.31. The molecular weight excluding hydrogens is 194 g/mol. The number of benzene rings is 1. The number of fused-ring (bicyclic) bond motifs is 1. The zero-order valence-electron chi connectivity index (χ0n) is 9.91. The maximum absolute atomic E-state index is 3.76. The summed E-state index contributed by atoms with van der Waals surface area (Å²) in [5, 5.41) is 3.76. The molecule has 86 valence electrons. The Labute approximate surface area is 98.3 Å². The standard InChI is InChI=1S/C15H21N/c1-2-6-14-10-12(9-13(14)5-1)11-16-15-7-3-4-8-15/h1-2,5-6,12,15-16H,3-4,7-11H2. The van der Waals surface area contributed by atoms with Crippen molar-refractivity contribution in [2.45, 2.75) is 44.6 Å². The molecule has 1 nitrogen and oxygen atoms in total. The van der Waals surface area contributed by atoms with E-state index in [1.807, 2.05) is 0 Å². The van der Waals surface area contributed by atoms with Crippen LogP contribution in [0.15, 0.2) is 24.3 Å². The maximum atomic E-state index is 3.76. The number of nitrogens with one attached hydrogen (secondary N) is 1. The Morgan fingerprint density at radius 2 is 1.62 bits per heavy atom. The van der Waals surface area contributed by atoms with Gasteiger partial charge in [-0.3, -0.25) is 0 Å². The third-order valence-electron chi connectivity index (χ3n) is 4.19. The van der Waals surface area contributed by atoms with Crippen LogP contribution in [0.3, 0.4) is 0 Å². The molecule has 0 radical (unpaired) electrons. The predicted octanol–water partition coefficient (Wildman–Crippen LogP) is 2.93. The molecule has 0 bridgehead atoms. The van der Waals surface area contributed by atoms with Crippen LogP contribution in [-0.4, -0.2) is 12.6 Å². The average molecular weight is 215 g/mol. The molecule has 0 atom stereocenters. The van der Waals surface area contributed by atoms with Crippen LogP contribution in [0.4, 0.5) is 0 Å². The Balaban J connectivity index is 1.52. The lowest BCUT2D eigenvalue weighted by Gasteiger charge is -2.15. The minimum Gasteiger partial charge on any atom is -0.314 e. The SMILES string of the molecule is c1ccc2c(c1)CC(CNC1CCCC1)C2. The highest BCUT2D eigenvalue weighted by Gasteiger charge is 2.22. The Morgan fingerprint density at radius 3 is 2.25 bits per heavy atom. The van der Waals surface area contributed by atoms with Crippen LogP contribution in [0.5, 0.6) is 0 Å². The van der Waals surface area contributed by atoms with Gasteiger partial charge < -0.3 is 5.32 Å². The van der Waals surface area contributed by atoms with Crippen molar-refractivity contribution >= 4 is 0 Å². The van der Waals surface area contributed by atoms with Crippen LogP contribution in [0, 0.1) is 5.92 Å². The van der Waals surface area contributed by atoms with Gasteiger partial charge in [0.2, 0.25) is 0 Å². The highest BCUT2D eigenvalue weighted by Crippen LogP contribution is 2.26. The predicted molar refractivity (Wildman–Crippen MR) is 67.6 cm³/mol. The van der Waals surface area contributed by atoms with Gasteiger partial charge in [0.15, 0.2) is 0 Å². The molecule has 0 aromatic heterocycles. The van der Waals surface area contributed by atoms with Crippen molar-refractivity contribution < 1.29 is 0 Å². The lowest BCUT2D eigenvalue weighted by atomic mass is 10.1. The highest BCUT2D eigenvalue weighted by molar-refractivity contribution is 5.32. The summed E-state index contributed by atoms with van der Waals surface area (Å²) in [5.41, 5.74) is 3.17. The van der Waals surface area contributed by atoms with Gasteiger partial charge in [0, 0.05) is 6.04 Å². The van der Waals surface area contributed by atoms with Gasteiger partial charge in [-0.25, -0.2) is 0 Å². The van der Waals surface area contributed by atoms with E-state index in [1.165, 1.54) is 45.1 Å². The molecule has 2 aliphatic carbocycles. The van der Waals surface area contributed by atoms with E-state index < -0.39 is 0 Å². The summed E-state index contributed by atoms with van der Waals surface area (Å²) in [5.74, 6) is 0.845. The molecule has 0 spiro atoms. The first kappa shape index (κ1) is 10.3. The van der Waals surface area contributed by atoms with E-state index in [0.717, 1.165) is 12.0 Å². The molecule has 0 saturated heterocycles. The van der Waals surface area contributed by atoms with Gasteiger partial charge in [-0.05, 0) is 49.3 Å². The van der Waals surface area contributed by atoms with E-state index >= 15 is 0 Å². The van der Waals surface area contributed by atoms with Crippen LogP contribution in [-0.2, 0) is 12.8 Å². The van der Waals surface area contributed by atoms with Crippen molar-refractivity contribution in [1.82, 2.24) is 5.32 Å². The topological polar surface area (TPSA) is 12.0 Å². The van der Waals surface area contributed by atoms with Gasteiger partial charge in [0.05, 0.1) is 0 Å². The van der Waals surface area contributed by atoms with Gasteiger partial charge >= 0.3 is 0 Å². The smallest absolute Gasteiger partial charge is 0.00671 e. The van der Waals surface area contributed by atoms with Gasteiger partial charge in [-0.2, -0.15) is 0 Å². The Hall–Kier alpha value is -0.820. The van der Waals surface area contributed by atoms with Crippen molar-refractivity contribution in [1.29, 1.82) is 0 Å². The highest BCUT2D eigenvalue weighted by atomic mass is 14.9. The number of hydrogen-bond acceptors (Lipinski definition) is 1. The van der Waals surface area contributed by atoms with Crippen LogP contribution in [0.25, 0.3) is 0 Å². The second-order valence-corrected chi connectivity index (χ2v) is 5.43. The second kappa shape index (κ2) is 4.58. The number of rotatable bonds is 3. The molecule has 1 aromatic carbocycles. The molecule has 0 amide bonds. The third kappa shape index (κ3) is 2.15. The van der Waals surface area contributed by atoms with Crippen LogP contribution in [0.1, 0.15) is 36.8 Å². The van der Waals surface area contributed by atoms with Crippen molar-refractivity contribution in [3.8, 4) is 0 Å². The monoisotopic (exact) mass is 215 g/mol. The fraction of sp³-hybridized carbons (Fsp3) is 0.600. The molecule has 0 unspecified atom stereocenters. The van der Waals surface area contributed by atoms with Gasteiger partial charge in [-0.1, -0.05) is 37.1 Å². The zero-order valence-corrected chi connectivity index (χ0v) is 9.91. The Kier molecular flexibility index (Phi) is 2.96. The molecule has 0 heterocycles. The molecule has 0 aliphatic heterocycles. The van der Waals surface area contributed by atoms with Gasteiger partial charge in [-0.15, -0.1) is 0 Å². The molecule has 3 rings (SSSR count). The molecule has 16 heavy (non-hydrogen) atoms. The molecular formula is C15H21N. The van der Waals surface area contributed by atoms with E-state index in [1.54, 1.807) is 11.1 Å². The van der Waals surface area contributed by atoms with E-state index in [9.17, 15) is 0 Å². The first-order valence-corrected chi connectivity index (χ1v) is 6.72. The lowest BCUT2D eigenvalue weighted by molar-refractivity contribution is 0.439. The molecule has 1 saturated carbocycles.